The molecule has 0 radical (unpaired) electrons. The first kappa shape index (κ1) is 22.4. The fourth-order valence-corrected chi connectivity index (χ4v) is 2.86. The summed E-state index contributed by atoms with van der Waals surface area (Å²) < 4.78 is 18.8. The molecule has 0 fully saturated rings. The van der Waals surface area contributed by atoms with E-state index >= 15 is 0 Å². The van der Waals surface area contributed by atoms with E-state index < -0.39 is 41.8 Å². The minimum Gasteiger partial charge on any atom is -0.503 e. The van der Waals surface area contributed by atoms with Gasteiger partial charge in [0.15, 0.2) is 5.76 Å². The summed E-state index contributed by atoms with van der Waals surface area (Å²) in [7, 11) is 1.48. The second-order valence-electron chi connectivity index (χ2n) is 6.45. The van der Waals surface area contributed by atoms with Crippen molar-refractivity contribution in [1.29, 1.82) is 0 Å². The van der Waals surface area contributed by atoms with Crippen LogP contribution in [-0.4, -0.2) is 41.1 Å². The number of carbonyl (C=O) groups excluding carboxylic acids is 2. The number of aliphatic hydroxyl groups excluding tert-OH is 1. The lowest BCUT2D eigenvalue weighted by atomic mass is 9.98. The van der Waals surface area contributed by atoms with Gasteiger partial charge in [-0.15, -0.1) is 0 Å². The summed E-state index contributed by atoms with van der Waals surface area (Å²) in [5, 5.41) is 21.0. The maximum atomic E-state index is 13.6. The number of ether oxygens (including phenoxy) is 1. The van der Waals surface area contributed by atoms with Gasteiger partial charge in [0, 0.05) is 11.6 Å². The predicted octanol–water partition coefficient (Wildman–Crippen LogP) is 1.93. The number of hydrogen-bond acceptors (Lipinski definition) is 5. The number of methoxy groups -OCH3 is 1. The van der Waals surface area contributed by atoms with E-state index in [9.17, 15) is 23.9 Å². The highest BCUT2D eigenvalue weighted by Gasteiger charge is 2.19. The van der Waals surface area contributed by atoms with E-state index in [0.29, 0.717) is 28.5 Å². The molecule has 5 N–H and O–H groups in total. The van der Waals surface area contributed by atoms with E-state index in [4.69, 9.17) is 15.6 Å². The summed E-state index contributed by atoms with van der Waals surface area (Å²) in [6, 6.07) is 10.1. The monoisotopic (exact) mass is 416 g/mol. The lowest BCUT2D eigenvalue weighted by molar-refractivity contribution is -0.137. The first-order valence-electron chi connectivity index (χ1n) is 8.85. The number of hydrogen-bond donors (Lipinski definition) is 4. The van der Waals surface area contributed by atoms with Crippen LogP contribution in [0.2, 0.25) is 0 Å². The Balaban J connectivity index is 2.19. The van der Waals surface area contributed by atoms with Crippen molar-refractivity contribution in [3.05, 3.63) is 65.7 Å². The summed E-state index contributed by atoms with van der Waals surface area (Å²) in [4.78, 5) is 33.8. The molecule has 2 amide bonds. The predicted molar refractivity (Wildman–Crippen MR) is 106 cm³/mol. The number of nitrogens with two attached hydrogens (primary N) is 1. The van der Waals surface area contributed by atoms with Gasteiger partial charge in [-0.25, -0.2) is 4.39 Å². The van der Waals surface area contributed by atoms with Gasteiger partial charge in [0.1, 0.15) is 11.6 Å². The summed E-state index contributed by atoms with van der Waals surface area (Å²) in [5.74, 6) is -4.01. The molecule has 30 heavy (non-hydrogen) atoms. The standard InChI is InChI=1S/C21H21FN2O6/c1-30-18-7-6-14(22)9-16(18)13-4-2-12(3-5-13)8-15(10-20(27)28)24-21(29)17(25)11-19(23)26/h2-7,9,11,15,25H,8,10H2,1H3,(H2,23,26)(H,24,29)(H,27,28)/b17-11-/t15-/m1/s1. The van der Waals surface area contributed by atoms with E-state index in [1.54, 1.807) is 24.3 Å². The maximum Gasteiger partial charge on any atom is 0.305 e. The number of primary amides is 1. The average Bonchev–Trinajstić information content (AvgIpc) is 2.67. The molecule has 9 heteroatoms. The summed E-state index contributed by atoms with van der Waals surface area (Å²) in [5.41, 5.74) is 6.82. The third-order valence-corrected chi connectivity index (χ3v) is 4.18. The fraction of sp³-hybridized carbons (Fsp3) is 0.190. The molecular weight excluding hydrogens is 395 g/mol. The van der Waals surface area contributed by atoms with E-state index in [-0.39, 0.29) is 6.42 Å². The molecule has 0 bridgehead atoms. The van der Waals surface area contributed by atoms with Crippen LogP contribution in [0, 0.1) is 5.82 Å². The van der Waals surface area contributed by atoms with Crippen molar-refractivity contribution in [3.8, 4) is 16.9 Å². The van der Waals surface area contributed by atoms with E-state index in [2.05, 4.69) is 5.32 Å². The Kier molecular flexibility index (Phi) is 7.51. The van der Waals surface area contributed by atoms with Crippen LogP contribution < -0.4 is 15.8 Å². The Morgan fingerprint density at radius 3 is 2.40 bits per heavy atom. The maximum absolute atomic E-state index is 13.6. The number of amides is 2. The first-order chi connectivity index (χ1) is 14.2. The van der Waals surface area contributed by atoms with Gasteiger partial charge < -0.3 is 26.0 Å². The summed E-state index contributed by atoms with van der Waals surface area (Å²) in [6.45, 7) is 0. The Morgan fingerprint density at radius 2 is 1.83 bits per heavy atom. The molecular formula is C21H21FN2O6. The van der Waals surface area contributed by atoms with E-state index in [0.717, 1.165) is 0 Å². The molecule has 158 valence electrons. The molecule has 2 rings (SSSR count). The Morgan fingerprint density at radius 1 is 1.17 bits per heavy atom. The zero-order valence-corrected chi connectivity index (χ0v) is 16.1. The molecule has 8 nitrogen and oxygen atoms in total. The zero-order chi connectivity index (χ0) is 22.3. The third-order valence-electron chi connectivity index (χ3n) is 4.18. The molecule has 0 spiro atoms. The van der Waals surface area contributed by atoms with Crippen LogP contribution in [0.5, 0.6) is 5.75 Å². The van der Waals surface area contributed by atoms with Gasteiger partial charge >= 0.3 is 5.97 Å². The zero-order valence-electron chi connectivity index (χ0n) is 16.1. The molecule has 2 aromatic rings. The Bertz CT molecular complexity index is 972. The molecule has 1 atom stereocenters. The number of halogens is 1. The highest BCUT2D eigenvalue weighted by Crippen LogP contribution is 2.30. The number of aliphatic hydroxyl groups is 1. The van der Waals surface area contributed by atoms with Crippen LogP contribution in [0.25, 0.3) is 11.1 Å². The Hall–Kier alpha value is -3.88. The number of aliphatic carboxylic acids is 1. The topological polar surface area (TPSA) is 139 Å². The van der Waals surface area contributed by atoms with Crippen LogP contribution in [0.4, 0.5) is 4.39 Å². The van der Waals surface area contributed by atoms with E-state index in [1.165, 1.54) is 25.3 Å². The van der Waals surface area contributed by atoms with Crippen molar-refractivity contribution < 1.29 is 33.7 Å². The molecule has 0 saturated heterocycles. The number of carboxylic acid groups (broad SMARTS) is 1. The van der Waals surface area contributed by atoms with Crippen LogP contribution in [-0.2, 0) is 20.8 Å². The normalized spacial score (nSPS) is 12.1. The Labute approximate surface area is 171 Å². The smallest absolute Gasteiger partial charge is 0.305 e. The number of rotatable bonds is 9. The van der Waals surface area contributed by atoms with Gasteiger partial charge in [-0.3, -0.25) is 14.4 Å². The summed E-state index contributed by atoms with van der Waals surface area (Å²) >= 11 is 0. The van der Waals surface area contributed by atoms with Gasteiger partial charge in [0.05, 0.1) is 19.6 Å². The van der Waals surface area contributed by atoms with Gasteiger partial charge in [-0.2, -0.15) is 0 Å². The second-order valence-corrected chi connectivity index (χ2v) is 6.45. The van der Waals surface area contributed by atoms with Crippen molar-refractivity contribution >= 4 is 17.8 Å². The van der Waals surface area contributed by atoms with Crippen LogP contribution >= 0.6 is 0 Å². The van der Waals surface area contributed by atoms with E-state index in [1.807, 2.05) is 0 Å². The molecule has 2 aromatic carbocycles. The van der Waals surface area contributed by atoms with Crippen molar-refractivity contribution in [2.45, 2.75) is 18.9 Å². The van der Waals surface area contributed by atoms with Crippen molar-refractivity contribution in [3.63, 3.8) is 0 Å². The minimum absolute atomic E-state index is 0.141. The SMILES string of the molecule is COc1ccc(F)cc1-c1ccc(C[C@H](CC(=O)O)NC(=O)/C(O)=C/C(N)=O)cc1. The summed E-state index contributed by atoms with van der Waals surface area (Å²) in [6.07, 6.45) is 0.270. The first-order valence-corrected chi connectivity index (χ1v) is 8.85. The minimum atomic E-state index is -1.15. The lowest BCUT2D eigenvalue weighted by Crippen LogP contribution is -2.39. The molecule has 0 aromatic heterocycles. The largest absolute Gasteiger partial charge is 0.503 e. The molecule has 0 unspecified atom stereocenters. The van der Waals surface area contributed by atoms with Crippen LogP contribution in [0.15, 0.2) is 54.3 Å². The van der Waals surface area contributed by atoms with Crippen LogP contribution in [0.1, 0.15) is 12.0 Å². The molecule has 0 saturated carbocycles. The van der Waals surface area contributed by atoms with Gasteiger partial charge in [-0.1, -0.05) is 24.3 Å². The van der Waals surface area contributed by atoms with Gasteiger partial charge in [0.25, 0.3) is 5.91 Å². The average molecular weight is 416 g/mol. The van der Waals surface area contributed by atoms with Crippen molar-refractivity contribution in [2.75, 3.05) is 7.11 Å². The lowest BCUT2D eigenvalue weighted by Gasteiger charge is -2.17. The molecule has 0 aliphatic heterocycles. The highest BCUT2D eigenvalue weighted by molar-refractivity contribution is 5.98. The van der Waals surface area contributed by atoms with Crippen LogP contribution in [0.3, 0.4) is 0 Å². The number of carboxylic acids is 1. The number of benzene rings is 2. The molecule has 0 aliphatic rings. The van der Waals surface area contributed by atoms with Gasteiger partial charge in [0.2, 0.25) is 5.91 Å². The quantitative estimate of drug-likeness (QED) is 0.364. The number of nitrogens with one attached hydrogen (secondary N) is 1. The van der Waals surface area contributed by atoms with Gasteiger partial charge in [-0.05, 0) is 35.7 Å². The number of carbonyl (C=O) groups is 3. The molecule has 0 heterocycles. The molecule has 0 aliphatic carbocycles. The second kappa shape index (κ2) is 10.1. The fourth-order valence-electron chi connectivity index (χ4n) is 2.86. The third kappa shape index (κ3) is 6.33. The van der Waals surface area contributed by atoms with Crippen molar-refractivity contribution in [2.24, 2.45) is 5.73 Å². The van der Waals surface area contributed by atoms with Crippen molar-refractivity contribution in [1.82, 2.24) is 5.32 Å². The highest BCUT2D eigenvalue weighted by atomic mass is 19.1.